The van der Waals surface area contributed by atoms with Crippen molar-refractivity contribution in [2.75, 3.05) is 12.8 Å². The van der Waals surface area contributed by atoms with Gasteiger partial charge in [0.05, 0.1) is 5.52 Å². The number of carbonyl (C=O) groups is 1. The van der Waals surface area contributed by atoms with Crippen molar-refractivity contribution in [3.63, 3.8) is 0 Å². The van der Waals surface area contributed by atoms with Crippen LogP contribution in [0.2, 0.25) is 0 Å². The fourth-order valence-electron chi connectivity index (χ4n) is 3.25. The second-order valence-electron chi connectivity index (χ2n) is 6.65. The molecule has 6 nitrogen and oxygen atoms in total. The van der Waals surface area contributed by atoms with Gasteiger partial charge in [0.25, 0.3) is 5.91 Å². The van der Waals surface area contributed by atoms with E-state index in [0.29, 0.717) is 23.1 Å². The number of pyridine rings is 1. The third-order valence-corrected chi connectivity index (χ3v) is 5.29. The highest BCUT2D eigenvalue weighted by Crippen LogP contribution is 2.25. The highest BCUT2D eigenvalue weighted by molar-refractivity contribution is 14.1. The van der Waals surface area contributed by atoms with Crippen LogP contribution in [0.3, 0.4) is 0 Å². The highest BCUT2D eigenvalue weighted by atomic mass is 127. The van der Waals surface area contributed by atoms with Crippen molar-refractivity contribution in [3.05, 3.63) is 81.8 Å². The molecule has 0 fully saturated rings. The van der Waals surface area contributed by atoms with Crippen LogP contribution in [-0.2, 0) is 6.54 Å². The number of halogens is 1. The highest BCUT2D eigenvalue weighted by Gasteiger charge is 2.19. The van der Waals surface area contributed by atoms with Gasteiger partial charge >= 0.3 is 0 Å². The summed E-state index contributed by atoms with van der Waals surface area (Å²) < 4.78 is 1.00. The summed E-state index contributed by atoms with van der Waals surface area (Å²) >= 11 is 2.21. The molecule has 2 N–H and O–H groups in total. The Hall–Kier alpha value is -3.07. The first-order valence-corrected chi connectivity index (χ1v) is 10.1. The summed E-state index contributed by atoms with van der Waals surface area (Å²) in [5.74, 6) is -0.113. The number of amides is 1. The van der Waals surface area contributed by atoms with Crippen LogP contribution in [0.4, 0.5) is 5.95 Å². The molecule has 2 aromatic carbocycles. The van der Waals surface area contributed by atoms with Crippen molar-refractivity contribution < 1.29 is 4.79 Å². The van der Waals surface area contributed by atoms with E-state index in [1.165, 1.54) is 0 Å². The van der Waals surface area contributed by atoms with Gasteiger partial charge in [-0.1, -0.05) is 30.3 Å². The first-order chi connectivity index (χ1) is 14.0. The van der Waals surface area contributed by atoms with Gasteiger partial charge in [-0.3, -0.25) is 9.78 Å². The summed E-state index contributed by atoms with van der Waals surface area (Å²) in [6.45, 7) is 0.430. The molecule has 4 aromatic rings. The molecule has 144 valence electrons. The van der Waals surface area contributed by atoms with E-state index in [1.807, 2.05) is 60.8 Å². The Labute approximate surface area is 182 Å². The average molecular weight is 495 g/mol. The van der Waals surface area contributed by atoms with Crippen LogP contribution in [-0.4, -0.2) is 32.8 Å². The van der Waals surface area contributed by atoms with Crippen LogP contribution < -0.4 is 5.73 Å². The third-order valence-electron chi connectivity index (χ3n) is 4.62. The standard InChI is InChI=1S/C22H18IN5O/c1-28(13-15-5-2-3-7-17(15)14-6-4-10-25-12-14)21(29)20-18-11-16(23)8-9-19(18)26-22(24)27-20/h2-12H,13H2,1H3,(H2,24,26,27). The van der Waals surface area contributed by atoms with Crippen LogP contribution in [0.1, 0.15) is 16.1 Å². The number of anilines is 1. The summed E-state index contributed by atoms with van der Waals surface area (Å²) in [4.78, 5) is 27.6. The van der Waals surface area contributed by atoms with E-state index < -0.39 is 0 Å². The molecule has 4 rings (SSSR count). The Morgan fingerprint density at radius 3 is 2.72 bits per heavy atom. The second-order valence-corrected chi connectivity index (χ2v) is 7.90. The molecule has 2 heterocycles. The SMILES string of the molecule is CN(Cc1ccccc1-c1cccnc1)C(=O)c1nc(N)nc2ccc(I)cc12. The number of hydrogen-bond acceptors (Lipinski definition) is 5. The number of nitrogen functional groups attached to an aromatic ring is 1. The molecule has 0 saturated heterocycles. The molecule has 0 unspecified atom stereocenters. The van der Waals surface area contributed by atoms with Crippen molar-refractivity contribution in [1.29, 1.82) is 0 Å². The summed E-state index contributed by atoms with van der Waals surface area (Å²) in [5, 5.41) is 0.698. The minimum absolute atomic E-state index is 0.0891. The maximum absolute atomic E-state index is 13.2. The van der Waals surface area contributed by atoms with E-state index in [1.54, 1.807) is 18.1 Å². The maximum Gasteiger partial charge on any atom is 0.273 e. The number of carbonyl (C=O) groups excluding carboxylic acids is 1. The van der Waals surface area contributed by atoms with Gasteiger partial charge in [0.15, 0.2) is 0 Å². The summed E-state index contributed by atoms with van der Waals surface area (Å²) in [6.07, 6.45) is 3.56. The number of rotatable bonds is 4. The third kappa shape index (κ3) is 4.04. The molecule has 0 spiro atoms. The van der Waals surface area contributed by atoms with Gasteiger partial charge in [0, 0.05) is 40.5 Å². The fraction of sp³-hybridized carbons (Fsp3) is 0.0909. The van der Waals surface area contributed by atoms with E-state index in [2.05, 4.69) is 37.5 Å². The Bertz CT molecular complexity index is 1200. The minimum atomic E-state index is -0.202. The predicted octanol–water partition coefficient (Wildman–Crippen LogP) is 4.15. The number of aromatic nitrogens is 3. The molecule has 0 radical (unpaired) electrons. The van der Waals surface area contributed by atoms with E-state index in [0.717, 1.165) is 20.3 Å². The van der Waals surface area contributed by atoms with Gasteiger partial charge < -0.3 is 10.6 Å². The molecule has 0 aliphatic rings. The second kappa shape index (κ2) is 8.12. The predicted molar refractivity (Wildman–Crippen MR) is 122 cm³/mol. The molecular weight excluding hydrogens is 477 g/mol. The van der Waals surface area contributed by atoms with Crippen molar-refractivity contribution >= 4 is 45.3 Å². The Balaban J connectivity index is 1.69. The number of nitrogens with zero attached hydrogens (tertiary/aromatic N) is 4. The molecule has 29 heavy (non-hydrogen) atoms. The average Bonchev–Trinajstić information content (AvgIpc) is 2.74. The van der Waals surface area contributed by atoms with Gasteiger partial charge in [0.2, 0.25) is 5.95 Å². The minimum Gasteiger partial charge on any atom is -0.368 e. The van der Waals surface area contributed by atoms with Crippen LogP contribution in [0, 0.1) is 3.57 Å². The van der Waals surface area contributed by atoms with Crippen molar-refractivity contribution in [3.8, 4) is 11.1 Å². The molecule has 1 amide bonds. The van der Waals surface area contributed by atoms with Crippen molar-refractivity contribution in [1.82, 2.24) is 19.9 Å². The summed E-state index contributed by atoms with van der Waals surface area (Å²) in [7, 11) is 1.76. The Kier molecular flexibility index (Phi) is 5.39. The largest absolute Gasteiger partial charge is 0.368 e. The van der Waals surface area contributed by atoms with Crippen LogP contribution in [0.15, 0.2) is 67.0 Å². The summed E-state index contributed by atoms with van der Waals surface area (Å²) in [5.41, 5.74) is 9.90. The van der Waals surface area contributed by atoms with Gasteiger partial charge in [-0.15, -0.1) is 0 Å². The molecule has 0 bridgehead atoms. The van der Waals surface area contributed by atoms with Crippen LogP contribution in [0.25, 0.3) is 22.0 Å². The van der Waals surface area contributed by atoms with Crippen molar-refractivity contribution in [2.45, 2.75) is 6.54 Å². The molecular formula is C22H18IN5O. The van der Waals surface area contributed by atoms with E-state index >= 15 is 0 Å². The van der Waals surface area contributed by atoms with Gasteiger partial charge in [0.1, 0.15) is 5.69 Å². The van der Waals surface area contributed by atoms with Crippen LogP contribution in [0.5, 0.6) is 0 Å². The molecule has 0 saturated carbocycles. The number of benzene rings is 2. The molecule has 2 aromatic heterocycles. The smallest absolute Gasteiger partial charge is 0.273 e. The maximum atomic E-state index is 13.2. The summed E-state index contributed by atoms with van der Waals surface area (Å²) in [6, 6.07) is 17.6. The Morgan fingerprint density at radius 2 is 1.93 bits per heavy atom. The molecule has 0 atom stereocenters. The zero-order chi connectivity index (χ0) is 20.4. The molecule has 7 heteroatoms. The topological polar surface area (TPSA) is 85.0 Å². The molecule has 0 aliphatic carbocycles. The normalized spacial score (nSPS) is 10.8. The lowest BCUT2D eigenvalue weighted by atomic mass is 10.0. The Morgan fingerprint density at radius 1 is 1.10 bits per heavy atom. The van der Waals surface area contributed by atoms with E-state index in [4.69, 9.17) is 5.73 Å². The molecule has 0 aliphatic heterocycles. The quantitative estimate of drug-likeness (QED) is 0.430. The van der Waals surface area contributed by atoms with Crippen molar-refractivity contribution in [2.24, 2.45) is 0 Å². The lowest BCUT2D eigenvalue weighted by Crippen LogP contribution is -2.28. The van der Waals surface area contributed by atoms with E-state index in [9.17, 15) is 4.79 Å². The number of nitrogens with two attached hydrogens (primary N) is 1. The first-order valence-electron chi connectivity index (χ1n) is 8.99. The number of fused-ring (bicyclic) bond motifs is 1. The monoisotopic (exact) mass is 495 g/mol. The van der Waals surface area contributed by atoms with Gasteiger partial charge in [-0.2, -0.15) is 0 Å². The van der Waals surface area contributed by atoms with Crippen LogP contribution >= 0.6 is 22.6 Å². The first kappa shape index (κ1) is 19.3. The lowest BCUT2D eigenvalue weighted by molar-refractivity contribution is 0.0781. The fourth-order valence-corrected chi connectivity index (χ4v) is 3.74. The van der Waals surface area contributed by atoms with Gasteiger partial charge in [-0.05, 0) is 58.0 Å². The van der Waals surface area contributed by atoms with Gasteiger partial charge in [-0.25, -0.2) is 9.97 Å². The zero-order valence-corrected chi connectivity index (χ0v) is 17.9. The zero-order valence-electron chi connectivity index (χ0n) is 15.7. The van der Waals surface area contributed by atoms with E-state index in [-0.39, 0.29) is 11.9 Å². The lowest BCUT2D eigenvalue weighted by Gasteiger charge is -2.20. The number of hydrogen-bond donors (Lipinski definition) is 1.